The van der Waals surface area contributed by atoms with E-state index in [0.29, 0.717) is 25.9 Å². The maximum Gasteiger partial charge on any atom is 0.294 e. The Morgan fingerprint density at radius 3 is 2.14 bits per heavy atom. The molecule has 16 heteroatoms. The molecule has 0 saturated carbocycles. The number of phenols is 1. The number of amides is 2. The molecule has 12 nitrogen and oxygen atoms in total. The molecule has 1 atom stereocenters. The Labute approximate surface area is 267 Å². The van der Waals surface area contributed by atoms with Crippen LogP contribution in [-0.2, 0) is 19.7 Å². The lowest BCUT2D eigenvalue weighted by atomic mass is 10.1. The monoisotopic (exact) mass is 748 g/mol. The minimum absolute atomic E-state index is 0.00697. The van der Waals surface area contributed by atoms with Crippen molar-refractivity contribution in [1.82, 2.24) is 16.3 Å². The first-order valence-corrected chi connectivity index (χ1v) is 15.5. The lowest BCUT2D eigenvalue weighted by Gasteiger charge is -2.19. The molecule has 0 aliphatic rings. The van der Waals surface area contributed by atoms with Gasteiger partial charge in [-0.3, -0.25) is 25.0 Å². The molecule has 0 spiro atoms. The third kappa shape index (κ3) is 8.71. The van der Waals surface area contributed by atoms with Gasteiger partial charge in [0.15, 0.2) is 11.2 Å². The van der Waals surface area contributed by atoms with E-state index in [1.54, 1.807) is 24.3 Å². The van der Waals surface area contributed by atoms with Gasteiger partial charge in [0.25, 0.3) is 21.9 Å². The molecule has 0 fully saturated rings. The number of halogens is 2. The molecule has 0 saturated heterocycles. The van der Waals surface area contributed by atoms with Crippen LogP contribution in [0.25, 0.3) is 10.8 Å². The van der Waals surface area contributed by atoms with Crippen molar-refractivity contribution in [3.8, 4) is 5.75 Å². The van der Waals surface area contributed by atoms with Gasteiger partial charge in [-0.2, -0.15) is 13.5 Å². The molecule has 0 aromatic heterocycles. The van der Waals surface area contributed by atoms with Crippen LogP contribution in [0.15, 0.2) is 97.8 Å². The zero-order chi connectivity index (χ0) is 31.1. The van der Waals surface area contributed by atoms with Crippen molar-refractivity contribution >= 4 is 99.5 Å². The van der Waals surface area contributed by atoms with Gasteiger partial charge in [0.1, 0.15) is 5.75 Å². The summed E-state index contributed by atoms with van der Waals surface area (Å²) in [4.78, 5) is 26.0. The number of anilines is 2. The predicted molar refractivity (Wildman–Crippen MR) is 174 cm³/mol. The van der Waals surface area contributed by atoms with Crippen LogP contribution in [-0.4, -0.2) is 47.3 Å². The van der Waals surface area contributed by atoms with Crippen LogP contribution < -0.4 is 26.9 Å². The number of hydrazone groups is 1. The Balaban J connectivity index is 1.46. The van der Waals surface area contributed by atoms with Crippen LogP contribution in [0.3, 0.4) is 0 Å². The predicted octanol–water partition coefficient (Wildman–Crippen LogP) is 4.27. The second-order valence-corrected chi connectivity index (χ2v) is 12.3. The maximum atomic E-state index is 13.2. The number of hydrogen-bond donors (Lipinski definition) is 7. The summed E-state index contributed by atoms with van der Waals surface area (Å²) in [5.41, 5.74) is 8.58. The first kappa shape index (κ1) is 31.8. The number of hydrazine groups is 1. The number of carbonyl (C=O) groups is 2. The van der Waals surface area contributed by atoms with Gasteiger partial charge in [0, 0.05) is 11.4 Å². The van der Waals surface area contributed by atoms with E-state index in [4.69, 9.17) is 16.8 Å². The fraction of sp³-hybridized carbons (Fsp3) is 0.0370. The second-order valence-electron chi connectivity index (χ2n) is 8.77. The number of benzene rings is 4. The summed E-state index contributed by atoms with van der Waals surface area (Å²) in [6, 6.07) is 19.7. The number of thiocarbonyl (C=S) groups is 1. The molecule has 4 rings (SSSR count). The van der Waals surface area contributed by atoms with Gasteiger partial charge in [0.2, 0.25) is 0 Å². The average molecular weight is 750 g/mol. The molecule has 0 aliphatic carbocycles. The molecule has 0 heterocycles. The first-order chi connectivity index (χ1) is 20.4. The Hall–Kier alpha value is -4.09. The van der Waals surface area contributed by atoms with E-state index in [9.17, 15) is 23.1 Å². The number of hydrogen-bond acceptors (Lipinski definition) is 8. The normalized spacial score (nSPS) is 12.0. The van der Waals surface area contributed by atoms with Crippen molar-refractivity contribution in [1.29, 1.82) is 0 Å². The van der Waals surface area contributed by atoms with E-state index in [-0.39, 0.29) is 15.8 Å². The molecule has 43 heavy (non-hydrogen) atoms. The summed E-state index contributed by atoms with van der Waals surface area (Å²) >= 11 is 11.6. The zero-order valence-corrected chi connectivity index (χ0v) is 26.5. The highest BCUT2D eigenvalue weighted by Crippen LogP contribution is 2.32. The molecule has 222 valence electrons. The van der Waals surface area contributed by atoms with Crippen LogP contribution in [0.4, 0.5) is 11.4 Å². The molecule has 2 amide bonds. The number of rotatable bonds is 8. The molecule has 0 bridgehead atoms. The number of carbonyl (C=O) groups excluding carboxylic acids is 2. The van der Waals surface area contributed by atoms with Crippen LogP contribution in [0, 0.1) is 0 Å². The van der Waals surface area contributed by atoms with Gasteiger partial charge in [-0.05, 0) is 109 Å². The van der Waals surface area contributed by atoms with Crippen LogP contribution in [0.1, 0.15) is 5.56 Å². The maximum absolute atomic E-state index is 13.2. The van der Waals surface area contributed by atoms with Gasteiger partial charge in [0.05, 0.1) is 20.1 Å². The molecular weight excluding hydrogens is 728 g/mol. The summed E-state index contributed by atoms with van der Waals surface area (Å²) in [5.74, 6) is -1.59. The lowest BCUT2D eigenvalue weighted by molar-refractivity contribution is -0.130. The van der Waals surface area contributed by atoms with E-state index in [2.05, 4.69) is 63.9 Å². The van der Waals surface area contributed by atoms with Gasteiger partial charge in [-0.1, -0.05) is 30.3 Å². The van der Waals surface area contributed by atoms with Crippen molar-refractivity contribution in [3.05, 3.63) is 93.4 Å². The van der Waals surface area contributed by atoms with E-state index in [1.165, 1.54) is 30.5 Å². The summed E-state index contributed by atoms with van der Waals surface area (Å²) in [6.07, 6.45) is 1.34. The topological polar surface area (TPSA) is 181 Å². The lowest BCUT2D eigenvalue weighted by Crippen LogP contribution is -2.54. The summed E-state index contributed by atoms with van der Waals surface area (Å²) < 4.78 is 32.4. The van der Waals surface area contributed by atoms with E-state index < -0.39 is 28.0 Å². The number of nitrogens with one attached hydrogen (secondary N) is 5. The first-order valence-electron chi connectivity index (χ1n) is 12.1. The number of phenolic OH excluding ortho intramolecular Hbond substituents is 1. The molecule has 4 aromatic carbocycles. The van der Waals surface area contributed by atoms with Gasteiger partial charge < -0.3 is 15.7 Å². The van der Waals surface area contributed by atoms with Crippen molar-refractivity contribution in [2.75, 3.05) is 10.6 Å². The second kappa shape index (κ2) is 13.9. The molecule has 1 unspecified atom stereocenters. The minimum Gasteiger partial charge on any atom is -0.506 e. The average Bonchev–Trinajstić information content (AvgIpc) is 2.97. The van der Waals surface area contributed by atoms with Crippen molar-refractivity contribution < 1.29 is 27.7 Å². The van der Waals surface area contributed by atoms with E-state index in [1.807, 2.05) is 30.3 Å². The highest BCUT2D eigenvalue weighted by molar-refractivity contribution is 9.11. The zero-order valence-electron chi connectivity index (χ0n) is 21.7. The Morgan fingerprint density at radius 2 is 1.49 bits per heavy atom. The largest absolute Gasteiger partial charge is 0.506 e. The van der Waals surface area contributed by atoms with Gasteiger partial charge >= 0.3 is 0 Å². The van der Waals surface area contributed by atoms with Gasteiger partial charge in [-0.15, -0.1) is 0 Å². The Bertz CT molecular complexity index is 1810. The summed E-state index contributed by atoms with van der Waals surface area (Å²) in [6.45, 7) is 0. The quantitative estimate of drug-likeness (QED) is 0.0452. The summed E-state index contributed by atoms with van der Waals surface area (Å²) in [7, 11) is -4.36. The van der Waals surface area contributed by atoms with E-state index in [0.717, 1.165) is 10.8 Å². The third-order valence-corrected chi connectivity index (χ3v) is 8.00. The molecule has 4 aromatic rings. The van der Waals surface area contributed by atoms with Gasteiger partial charge in [-0.25, -0.2) is 5.43 Å². The Kier molecular flexibility index (Phi) is 10.3. The summed E-state index contributed by atoms with van der Waals surface area (Å²) in [5, 5.41) is 21.3. The minimum atomic E-state index is -4.36. The van der Waals surface area contributed by atoms with Crippen molar-refractivity contribution in [2.24, 2.45) is 5.10 Å². The fourth-order valence-corrected chi connectivity index (χ4v) is 5.52. The number of nitrogens with zero attached hydrogens (tertiary/aromatic N) is 1. The number of aromatic hydroxyl groups is 1. The highest BCUT2D eigenvalue weighted by atomic mass is 79.9. The van der Waals surface area contributed by atoms with Crippen LogP contribution in [0.2, 0.25) is 0 Å². The third-order valence-electron chi connectivity index (χ3n) is 5.72. The van der Waals surface area contributed by atoms with Crippen LogP contribution in [0.5, 0.6) is 5.75 Å². The molecule has 0 radical (unpaired) electrons. The standard InChI is InChI=1S/C27H22Br2N6O6S2/c28-21-11-15(12-22(29)24(21)36)14-30-33-25(37)23(31-19-6-5-16-3-1-2-4-17(16)13-19)26(38)34-35-27(42)32-18-7-9-20(10-8-18)43(39,40)41/h1-14,23,31,36H,(H,33,37)(H,34,38)(H2,32,35,42)(H,39,40,41)/b30-14+. The van der Waals surface area contributed by atoms with E-state index >= 15 is 0 Å². The van der Waals surface area contributed by atoms with Crippen LogP contribution >= 0.6 is 44.1 Å². The Morgan fingerprint density at radius 1 is 0.860 bits per heavy atom. The van der Waals surface area contributed by atoms with Crippen molar-refractivity contribution in [3.63, 3.8) is 0 Å². The highest BCUT2D eigenvalue weighted by Gasteiger charge is 2.27. The SMILES string of the molecule is O=C(N/N=C/c1cc(Br)c(O)c(Br)c1)C(Nc1ccc2ccccc2c1)C(=O)NNC(=S)Nc1ccc(S(=O)(=O)O)cc1. The van der Waals surface area contributed by atoms with Crippen molar-refractivity contribution in [2.45, 2.75) is 10.9 Å². The fourth-order valence-electron chi connectivity index (χ4n) is 3.65. The number of fused-ring (bicyclic) bond motifs is 1. The smallest absolute Gasteiger partial charge is 0.294 e. The molecular formula is C27H22Br2N6O6S2. The molecule has 0 aliphatic heterocycles. The molecule has 7 N–H and O–H groups in total.